The summed E-state index contributed by atoms with van der Waals surface area (Å²) in [7, 11) is 0. The van der Waals surface area contributed by atoms with Crippen molar-refractivity contribution in [3.8, 4) is 11.5 Å². The largest absolute Gasteiger partial charge is 0.421 e. The fourth-order valence-corrected chi connectivity index (χ4v) is 2.17. The van der Waals surface area contributed by atoms with Gasteiger partial charge in [0.2, 0.25) is 11.8 Å². The third kappa shape index (κ3) is 3.05. The van der Waals surface area contributed by atoms with E-state index in [4.69, 9.17) is 4.42 Å². The van der Waals surface area contributed by atoms with Gasteiger partial charge in [-0.25, -0.2) is 0 Å². The molecule has 1 N–H and O–H groups in total. The average molecular weight is 283 g/mol. The van der Waals surface area contributed by atoms with Gasteiger partial charge in [-0.1, -0.05) is 13.0 Å². The number of aryl methyl sites for hydroxylation is 1. The van der Waals surface area contributed by atoms with E-state index >= 15 is 0 Å². The fraction of sp³-hybridized carbons (Fsp3) is 0.333. The van der Waals surface area contributed by atoms with Gasteiger partial charge in [-0.05, 0) is 31.6 Å². The quantitative estimate of drug-likeness (QED) is 0.699. The van der Waals surface area contributed by atoms with Crippen molar-refractivity contribution in [3.05, 3.63) is 36.5 Å². The van der Waals surface area contributed by atoms with E-state index in [1.165, 1.54) is 0 Å². The maximum Gasteiger partial charge on any atom is 0.249 e. The number of rotatable bonds is 6. The molecule has 0 aliphatic carbocycles. The monoisotopic (exact) mass is 283 g/mol. The zero-order valence-corrected chi connectivity index (χ0v) is 11.9. The van der Waals surface area contributed by atoms with E-state index in [-0.39, 0.29) is 0 Å². The van der Waals surface area contributed by atoms with Gasteiger partial charge < -0.3 is 9.73 Å². The summed E-state index contributed by atoms with van der Waals surface area (Å²) in [6, 6.07) is 5.76. The Kier molecular flexibility index (Phi) is 4.16. The molecule has 0 saturated carbocycles. The van der Waals surface area contributed by atoms with Crippen LogP contribution in [0.3, 0.4) is 0 Å². The lowest BCUT2D eigenvalue weighted by atomic mass is 10.2. The van der Waals surface area contributed by atoms with Crippen molar-refractivity contribution in [2.45, 2.75) is 19.8 Å². The molecule has 6 nitrogen and oxygen atoms in total. The maximum absolute atomic E-state index is 5.74. The Balaban J connectivity index is 1.81. The second kappa shape index (κ2) is 6.41. The molecular weight excluding hydrogens is 266 g/mol. The van der Waals surface area contributed by atoms with Crippen molar-refractivity contribution in [2.24, 2.45) is 0 Å². The first-order chi connectivity index (χ1) is 10.4. The van der Waals surface area contributed by atoms with Crippen LogP contribution < -0.4 is 5.32 Å². The lowest BCUT2D eigenvalue weighted by Crippen LogP contribution is -2.14. The van der Waals surface area contributed by atoms with Crippen LogP contribution in [0.15, 0.2) is 35.0 Å². The van der Waals surface area contributed by atoms with Gasteiger partial charge in [0.15, 0.2) is 0 Å². The highest BCUT2D eigenvalue weighted by atomic mass is 16.4. The number of aromatic nitrogens is 4. The molecule has 0 bridgehead atoms. The third-order valence-electron chi connectivity index (χ3n) is 3.19. The first-order valence-corrected chi connectivity index (χ1v) is 7.11. The summed E-state index contributed by atoms with van der Waals surface area (Å²) in [6.07, 6.45) is 5.09. The zero-order chi connectivity index (χ0) is 14.5. The van der Waals surface area contributed by atoms with E-state index in [2.05, 4.69) is 32.4 Å². The van der Waals surface area contributed by atoms with Gasteiger partial charge in [-0.3, -0.25) is 9.97 Å². The van der Waals surface area contributed by atoms with Crippen LogP contribution in [-0.4, -0.2) is 33.3 Å². The molecular formula is C15H17N5O. The number of para-hydroxylation sites is 1. The summed E-state index contributed by atoms with van der Waals surface area (Å²) < 4.78 is 5.74. The Morgan fingerprint density at radius 2 is 2.05 bits per heavy atom. The Labute approximate surface area is 122 Å². The first-order valence-electron chi connectivity index (χ1n) is 7.11. The molecule has 2 heterocycles. The van der Waals surface area contributed by atoms with Crippen LogP contribution in [0.4, 0.5) is 0 Å². The van der Waals surface area contributed by atoms with Crippen molar-refractivity contribution in [2.75, 3.05) is 13.1 Å². The molecule has 0 saturated heterocycles. The Morgan fingerprint density at radius 1 is 1.14 bits per heavy atom. The van der Waals surface area contributed by atoms with Gasteiger partial charge >= 0.3 is 0 Å². The molecule has 6 heteroatoms. The summed E-state index contributed by atoms with van der Waals surface area (Å²) >= 11 is 0. The standard InChI is InChI=1S/C15H17N5O/c1-2-16-8-4-7-13-19-20-15(21-13)11-5-3-6-12-14(11)18-10-9-17-12/h3,5-6,9-10,16H,2,4,7-8H2,1H3. The lowest BCUT2D eigenvalue weighted by Gasteiger charge is -2.00. The second-order valence-corrected chi connectivity index (χ2v) is 4.69. The molecule has 0 fully saturated rings. The van der Waals surface area contributed by atoms with Crippen LogP contribution in [0.2, 0.25) is 0 Å². The summed E-state index contributed by atoms with van der Waals surface area (Å²) in [5.41, 5.74) is 2.43. The van der Waals surface area contributed by atoms with Crippen molar-refractivity contribution >= 4 is 11.0 Å². The highest BCUT2D eigenvalue weighted by molar-refractivity contribution is 5.88. The van der Waals surface area contributed by atoms with Gasteiger partial charge in [0, 0.05) is 18.8 Å². The van der Waals surface area contributed by atoms with E-state index in [0.29, 0.717) is 11.8 Å². The Bertz CT molecular complexity index is 719. The van der Waals surface area contributed by atoms with Gasteiger partial charge in [0.05, 0.1) is 11.1 Å². The van der Waals surface area contributed by atoms with Crippen LogP contribution in [0.25, 0.3) is 22.5 Å². The second-order valence-electron chi connectivity index (χ2n) is 4.69. The summed E-state index contributed by atoms with van der Waals surface area (Å²) in [6.45, 7) is 4.02. The molecule has 0 radical (unpaired) electrons. The molecule has 0 atom stereocenters. The number of hydrogen-bond donors (Lipinski definition) is 1. The van der Waals surface area contributed by atoms with Crippen LogP contribution >= 0.6 is 0 Å². The highest BCUT2D eigenvalue weighted by Gasteiger charge is 2.12. The fourth-order valence-electron chi connectivity index (χ4n) is 2.17. The van der Waals surface area contributed by atoms with Crippen LogP contribution in [-0.2, 0) is 6.42 Å². The normalized spacial score (nSPS) is 11.1. The average Bonchev–Trinajstić information content (AvgIpc) is 3.00. The molecule has 0 amide bonds. The van der Waals surface area contributed by atoms with Crippen molar-refractivity contribution in [1.29, 1.82) is 0 Å². The van der Waals surface area contributed by atoms with Crippen LogP contribution in [0.1, 0.15) is 19.2 Å². The molecule has 0 unspecified atom stereocenters. The van der Waals surface area contributed by atoms with E-state index in [1.54, 1.807) is 12.4 Å². The minimum atomic E-state index is 0.500. The van der Waals surface area contributed by atoms with Gasteiger partial charge in [-0.15, -0.1) is 10.2 Å². The van der Waals surface area contributed by atoms with Gasteiger partial charge in [-0.2, -0.15) is 0 Å². The predicted molar refractivity (Wildman–Crippen MR) is 79.7 cm³/mol. The predicted octanol–water partition coefficient (Wildman–Crippen LogP) is 2.22. The van der Waals surface area contributed by atoms with Crippen molar-refractivity contribution in [3.63, 3.8) is 0 Å². The number of nitrogens with zero attached hydrogens (tertiary/aromatic N) is 4. The molecule has 0 spiro atoms. The summed E-state index contributed by atoms with van der Waals surface area (Å²) in [5, 5.41) is 11.5. The first kappa shape index (κ1) is 13.6. The zero-order valence-electron chi connectivity index (χ0n) is 11.9. The Hall–Kier alpha value is -2.34. The minimum absolute atomic E-state index is 0.500. The molecule has 0 aliphatic rings. The molecule has 1 aromatic carbocycles. The van der Waals surface area contributed by atoms with E-state index in [1.807, 2.05) is 18.2 Å². The molecule has 0 aliphatic heterocycles. The smallest absolute Gasteiger partial charge is 0.249 e. The number of nitrogens with one attached hydrogen (secondary N) is 1. The Morgan fingerprint density at radius 3 is 2.95 bits per heavy atom. The number of hydrogen-bond acceptors (Lipinski definition) is 6. The van der Waals surface area contributed by atoms with Crippen LogP contribution in [0.5, 0.6) is 0 Å². The topological polar surface area (TPSA) is 76.7 Å². The van der Waals surface area contributed by atoms with E-state index < -0.39 is 0 Å². The van der Waals surface area contributed by atoms with Gasteiger partial charge in [0.25, 0.3) is 0 Å². The van der Waals surface area contributed by atoms with E-state index in [0.717, 1.165) is 42.5 Å². The molecule has 21 heavy (non-hydrogen) atoms. The maximum atomic E-state index is 5.74. The molecule has 2 aromatic heterocycles. The lowest BCUT2D eigenvalue weighted by molar-refractivity contribution is 0.493. The minimum Gasteiger partial charge on any atom is -0.421 e. The summed E-state index contributed by atoms with van der Waals surface area (Å²) in [4.78, 5) is 8.64. The van der Waals surface area contributed by atoms with Crippen molar-refractivity contribution in [1.82, 2.24) is 25.5 Å². The SMILES string of the molecule is CCNCCCc1nnc(-c2cccc3nccnc23)o1. The molecule has 3 aromatic rings. The highest BCUT2D eigenvalue weighted by Crippen LogP contribution is 2.24. The third-order valence-corrected chi connectivity index (χ3v) is 3.19. The van der Waals surface area contributed by atoms with Crippen LogP contribution in [0, 0.1) is 0 Å². The summed E-state index contributed by atoms with van der Waals surface area (Å²) in [5.74, 6) is 1.16. The van der Waals surface area contributed by atoms with Gasteiger partial charge in [0.1, 0.15) is 5.52 Å². The number of benzene rings is 1. The molecule has 108 valence electrons. The number of fused-ring (bicyclic) bond motifs is 1. The van der Waals surface area contributed by atoms with Crippen molar-refractivity contribution < 1.29 is 4.42 Å². The van der Waals surface area contributed by atoms with E-state index in [9.17, 15) is 0 Å². The molecule has 3 rings (SSSR count).